The van der Waals surface area contributed by atoms with Crippen LogP contribution in [-0.2, 0) is 14.3 Å². The highest BCUT2D eigenvalue weighted by Gasteiger charge is 2.32. The van der Waals surface area contributed by atoms with E-state index in [4.69, 9.17) is 4.74 Å². The van der Waals surface area contributed by atoms with E-state index in [-0.39, 0.29) is 29.9 Å². The van der Waals surface area contributed by atoms with Crippen molar-refractivity contribution >= 4 is 23.6 Å². The minimum absolute atomic E-state index is 0.166. The van der Waals surface area contributed by atoms with Crippen molar-refractivity contribution in [1.82, 2.24) is 10.2 Å². The molecule has 1 aromatic rings. The van der Waals surface area contributed by atoms with Crippen molar-refractivity contribution in [2.45, 2.75) is 44.8 Å². The van der Waals surface area contributed by atoms with Gasteiger partial charge in [-0.1, -0.05) is 18.2 Å². The molecule has 7 nitrogen and oxygen atoms in total. The molecule has 7 heteroatoms. The van der Waals surface area contributed by atoms with Crippen molar-refractivity contribution in [3.8, 4) is 0 Å². The van der Waals surface area contributed by atoms with Gasteiger partial charge in [0.15, 0.2) is 6.10 Å². The molecule has 26 heavy (non-hydrogen) atoms. The Bertz CT molecular complexity index is 652. The molecule has 1 aromatic carbocycles. The number of nitrogens with zero attached hydrogens (tertiary/aromatic N) is 1. The topological polar surface area (TPSA) is 87.7 Å². The summed E-state index contributed by atoms with van der Waals surface area (Å²) in [4.78, 5) is 38.1. The molecule has 1 saturated carbocycles. The summed E-state index contributed by atoms with van der Waals surface area (Å²) in [6.45, 7) is 2.57. The maximum absolute atomic E-state index is 12.3. The second-order valence-corrected chi connectivity index (χ2v) is 6.92. The Hall–Kier alpha value is -2.57. The van der Waals surface area contributed by atoms with Gasteiger partial charge in [0.1, 0.15) is 0 Å². The number of nitrogens with one attached hydrogen (secondary N) is 2. The molecule has 1 saturated heterocycles. The highest BCUT2D eigenvalue weighted by molar-refractivity contribution is 5.89. The first-order valence-corrected chi connectivity index (χ1v) is 9.15. The smallest absolute Gasteiger partial charge is 0.321 e. The molecule has 3 rings (SSSR count). The minimum atomic E-state index is -0.775. The van der Waals surface area contributed by atoms with Crippen LogP contribution in [0.25, 0.3) is 0 Å². The summed E-state index contributed by atoms with van der Waals surface area (Å²) in [5.41, 5.74) is 0.745. The number of ether oxygens (including phenoxy) is 1. The third kappa shape index (κ3) is 4.97. The number of carbonyl (C=O) groups is 3. The van der Waals surface area contributed by atoms with Gasteiger partial charge in [0, 0.05) is 24.8 Å². The maximum Gasteiger partial charge on any atom is 0.321 e. The summed E-state index contributed by atoms with van der Waals surface area (Å²) in [7, 11) is 0. The number of amides is 3. The summed E-state index contributed by atoms with van der Waals surface area (Å²) in [6, 6.07) is 9.34. The lowest BCUT2D eigenvalue weighted by atomic mass is 9.97. The molecule has 2 N–H and O–H groups in total. The van der Waals surface area contributed by atoms with Gasteiger partial charge in [-0.15, -0.1) is 0 Å². The van der Waals surface area contributed by atoms with E-state index in [2.05, 4.69) is 10.6 Å². The lowest BCUT2D eigenvalue weighted by molar-refractivity contribution is -0.160. The van der Waals surface area contributed by atoms with Crippen molar-refractivity contribution in [1.29, 1.82) is 0 Å². The van der Waals surface area contributed by atoms with E-state index in [0.717, 1.165) is 18.5 Å². The number of hydrogen-bond donors (Lipinski definition) is 2. The number of hydrogen-bond acceptors (Lipinski definition) is 4. The Morgan fingerprint density at radius 3 is 2.35 bits per heavy atom. The van der Waals surface area contributed by atoms with E-state index in [0.29, 0.717) is 25.9 Å². The summed E-state index contributed by atoms with van der Waals surface area (Å²) in [6.07, 6.45) is 2.30. The van der Waals surface area contributed by atoms with Crippen molar-refractivity contribution < 1.29 is 19.1 Å². The fraction of sp³-hybridized carbons (Fsp3) is 0.526. The minimum Gasteiger partial charge on any atom is -0.452 e. The van der Waals surface area contributed by atoms with E-state index in [1.165, 1.54) is 0 Å². The van der Waals surface area contributed by atoms with Crippen LogP contribution >= 0.6 is 0 Å². The molecule has 0 radical (unpaired) electrons. The zero-order valence-corrected chi connectivity index (χ0v) is 14.9. The van der Waals surface area contributed by atoms with Gasteiger partial charge in [-0.05, 0) is 44.7 Å². The molecular weight excluding hydrogens is 334 g/mol. The first-order valence-electron chi connectivity index (χ1n) is 9.15. The number of benzene rings is 1. The average molecular weight is 359 g/mol. The third-order valence-corrected chi connectivity index (χ3v) is 4.73. The zero-order chi connectivity index (χ0) is 18.5. The zero-order valence-electron chi connectivity index (χ0n) is 14.9. The second-order valence-electron chi connectivity index (χ2n) is 6.92. The molecule has 3 amide bonds. The maximum atomic E-state index is 12.3. The van der Waals surface area contributed by atoms with E-state index >= 15 is 0 Å². The van der Waals surface area contributed by atoms with Gasteiger partial charge in [-0.2, -0.15) is 0 Å². The SMILES string of the molecule is C[C@H](OC(=O)C1CCN(C(=O)Nc2ccccc2)CC1)C(=O)NC1CC1. The van der Waals surface area contributed by atoms with Crippen LogP contribution in [0, 0.1) is 5.92 Å². The number of piperidine rings is 1. The van der Waals surface area contributed by atoms with Gasteiger partial charge >= 0.3 is 12.0 Å². The lowest BCUT2D eigenvalue weighted by Gasteiger charge is -2.31. The van der Waals surface area contributed by atoms with Gasteiger partial charge in [-0.25, -0.2) is 4.79 Å². The monoisotopic (exact) mass is 359 g/mol. The first-order chi connectivity index (χ1) is 12.5. The number of esters is 1. The van der Waals surface area contributed by atoms with Crippen LogP contribution in [0.15, 0.2) is 30.3 Å². The normalized spacial score (nSPS) is 18.7. The first kappa shape index (κ1) is 18.2. The van der Waals surface area contributed by atoms with E-state index in [9.17, 15) is 14.4 Å². The number of para-hydroxylation sites is 1. The highest BCUT2D eigenvalue weighted by atomic mass is 16.5. The van der Waals surface area contributed by atoms with Crippen molar-refractivity contribution in [3.63, 3.8) is 0 Å². The molecule has 2 aliphatic rings. The Morgan fingerprint density at radius 2 is 1.73 bits per heavy atom. The number of urea groups is 1. The molecule has 0 unspecified atom stereocenters. The van der Waals surface area contributed by atoms with E-state index in [1.54, 1.807) is 11.8 Å². The molecule has 140 valence electrons. The summed E-state index contributed by atoms with van der Waals surface area (Å²) in [5.74, 6) is -0.862. The average Bonchev–Trinajstić information content (AvgIpc) is 3.46. The van der Waals surface area contributed by atoms with Crippen LogP contribution in [0.5, 0.6) is 0 Å². The van der Waals surface area contributed by atoms with Crippen LogP contribution in [-0.4, -0.2) is 48.0 Å². The molecule has 0 aromatic heterocycles. The molecule has 1 aliphatic carbocycles. The Kier molecular flexibility index (Phi) is 5.75. The molecule has 0 spiro atoms. The van der Waals surface area contributed by atoms with Crippen molar-refractivity contribution in [2.24, 2.45) is 5.92 Å². The Balaban J connectivity index is 1.41. The van der Waals surface area contributed by atoms with Crippen LogP contribution in [0.3, 0.4) is 0 Å². The van der Waals surface area contributed by atoms with E-state index < -0.39 is 6.10 Å². The second kappa shape index (κ2) is 8.21. The predicted octanol–water partition coefficient (Wildman–Crippen LogP) is 2.14. The highest BCUT2D eigenvalue weighted by Crippen LogP contribution is 2.21. The van der Waals surface area contributed by atoms with Crippen molar-refractivity contribution in [2.75, 3.05) is 18.4 Å². The van der Waals surface area contributed by atoms with Crippen LogP contribution < -0.4 is 10.6 Å². The fourth-order valence-corrected chi connectivity index (χ4v) is 2.91. The predicted molar refractivity (Wildman–Crippen MR) is 96.5 cm³/mol. The summed E-state index contributed by atoms with van der Waals surface area (Å²) < 4.78 is 5.30. The van der Waals surface area contributed by atoms with Crippen LogP contribution in [0.2, 0.25) is 0 Å². The standard InChI is InChI=1S/C19H25N3O4/c1-13(17(23)20-16-7-8-16)26-18(24)14-9-11-22(12-10-14)19(25)21-15-5-3-2-4-6-15/h2-6,13-14,16H,7-12H2,1H3,(H,20,23)(H,21,25)/t13-/m0/s1. The van der Waals surface area contributed by atoms with Gasteiger partial charge in [-0.3, -0.25) is 9.59 Å². The van der Waals surface area contributed by atoms with Gasteiger partial charge < -0.3 is 20.3 Å². The molecule has 1 aliphatic heterocycles. The molecule has 0 bridgehead atoms. The molecule has 2 fully saturated rings. The Morgan fingerprint density at radius 1 is 1.08 bits per heavy atom. The third-order valence-electron chi connectivity index (χ3n) is 4.73. The number of likely N-dealkylation sites (tertiary alicyclic amines) is 1. The van der Waals surface area contributed by atoms with Gasteiger partial charge in [0.2, 0.25) is 0 Å². The largest absolute Gasteiger partial charge is 0.452 e. The van der Waals surface area contributed by atoms with E-state index in [1.807, 2.05) is 30.3 Å². The van der Waals surface area contributed by atoms with Crippen LogP contribution in [0.4, 0.5) is 10.5 Å². The quantitative estimate of drug-likeness (QED) is 0.789. The fourth-order valence-electron chi connectivity index (χ4n) is 2.91. The number of rotatable bonds is 5. The summed E-state index contributed by atoms with van der Waals surface area (Å²) >= 11 is 0. The van der Waals surface area contributed by atoms with Gasteiger partial charge in [0.25, 0.3) is 5.91 Å². The number of carbonyl (C=O) groups excluding carboxylic acids is 3. The lowest BCUT2D eigenvalue weighted by Crippen LogP contribution is -2.44. The molecular formula is C19H25N3O4. The molecule has 1 heterocycles. The Labute approximate surface area is 153 Å². The van der Waals surface area contributed by atoms with Crippen molar-refractivity contribution in [3.05, 3.63) is 30.3 Å². The summed E-state index contributed by atoms with van der Waals surface area (Å²) in [5, 5.41) is 5.67. The molecule has 1 atom stereocenters. The van der Waals surface area contributed by atoms with Crippen LogP contribution in [0.1, 0.15) is 32.6 Å². The number of anilines is 1. The van der Waals surface area contributed by atoms with Gasteiger partial charge in [0.05, 0.1) is 5.92 Å².